The maximum atomic E-state index is 10.3. The summed E-state index contributed by atoms with van der Waals surface area (Å²) in [7, 11) is 0. The van der Waals surface area contributed by atoms with Gasteiger partial charge in [0, 0.05) is 28.4 Å². The van der Waals surface area contributed by atoms with E-state index in [1.54, 1.807) is 20.0 Å². The molecule has 35 heavy (non-hydrogen) atoms. The number of aliphatic hydroxyl groups is 1. The summed E-state index contributed by atoms with van der Waals surface area (Å²) in [5.41, 5.74) is 5.65. The van der Waals surface area contributed by atoms with E-state index >= 15 is 0 Å². The molecule has 2 N–H and O–H groups in total. The SMILES string of the molecule is CC(C)(O)Cn1ccc2c(Nc3nccc(-c4cc(C#N)c5c(c4)C(C)(C)CC5)n3)cc(Cl)cc21. The van der Waals surface area contributed by atoms with Crippen molar-refractivity contribution in [2.45, 2.75) is 58.1 Å². The Morgan fingerprint density at radius 1 is 1.23 bits per heavy atom. The lowest BCUT2D eigenvalue weighted by Gasteiger charge is -2.20. The summed E-state index contributed by atoms with van der Waals surface area (Å²) >= 11 is 6.44. The first-order valence-corrected chi connectivity index (χ1v) is 12.1. The molecular weight excluding hydrogens is 458 g/mol. The lowest BCUT2D eigenvalue weighted by atomic mass is 9.84. The fourth-order valence-corrected chi connectivity index (χ4v) is 5.20. The molecule has 0 aliphatic heterocycles. The van der Waals surface area contributed by atoms with E-state index < -0.39 is 5.60 Å². The molecule has 0 fully saturated rings. The number of nitriles is 1. The van der Waals surface area contributed by atoms with Crippen molar-refractivity contribution in [3.05, 3.63) is 70.5 Å². The number of anilines is 2. The Hall–Kier alpha value is -3.40. The van der Waals surface area contributed by atoms with Crippen LogP contribution < -0.4 is 5.32 Å². The van der Waals surface area contributed by atoms with Gasteiger partial charge >= 0.3 is 0 Å². The molecule has 0 saturated heterocycles. The summed E-state index contributed by atoms with van der Waals surface area (Å²) in [5, 5.41) is 24.9. The van der Waals surface area contributed by atoms with Crippen LogP contribution in [-0.2, 0) is 18.4 Å². The van der Waals surface area contributed by atoms with Gasteiger partial charge in [-0.3, -0.25) is 0 Å². The number of benzene rings is 2. The topological polar surface area (TPSA) is 86.8 Å². The van der Waals surface area contributed by atoms with Gasteiger partial charge in [0.25, 0.3) is 0 Å². The van der Waals surface area contributed by atoms with Crippen molar-refractivity contribution in [2.75, 3.05) is 5.32 Å². The van der Waals surface area contributed by atoms with E-state index in [-0.39, 0.29) is 5.41 Å². The van der Waals surface area contributed by atoms with Crippen molar-refractivity contribution in [3.63, 3.8) is 0 Å². The second-order valence-corrected chi connectivity index (χ2v) is 11.0. The standard InChI is InChI=1S/C28H28ClN5O/c1-27(2)8-5-20-18(15-30)11-17(12-22(20)27)23-6-9-31-26(32-23)33-24-13-19(29)14-25-21(24)7-10-34(25)16-28(3,4)35/h6-7,9-14,35H,5,8,16H2,1-4H3,(H,31,32,33). The van der Waals surface area contributed by atoms with Crippen LogP contribution in [0.1, 0.15) is 50.8 Å². The van der Waals surface area contributed by atoms with Gasteiger partial charge < -0.3 is 15.0 Å². The van der Waals surface area contributed by atoms with E-state index in [1.165, 1.54) is 5.56 Å². The van der Waals surface area contributed by atoms with Crippen LogP contribution in [0, 0.1) is 11.3 Å². The van der Waals surface area contributed by atoms with Gasteiger partial charge in [-0.2, -0.15) is 5.26 Å². The maximum Gasteiger partial charge on any atom is 0.227 e. The van der Waals surface area contributed by atoms with Gasteiger partial charge in [0.15, 0.2) is 0 Å². The minimum atomic E-state index is -0.855. The van der Waals surface area contributed by atoms with E-state index in [2.05, 4.69) is 36.3 Å². The number of nitrogens with zero attached hydrogens (tertiary/aromatic N) is 4. The molecule has 2 aromatic carbocycles. The summed E-state index contributed by atoms with van der Waals surface area (Å²) in [6.07, 6.45) is 5.63. The largest absolute Gasteiger partial charge is 0.389 e. The van der Waals surface area contributed by atoms with Crippen molar-refractivity contribution < 1.29 is 5.11 Å². The minimum absolute atomic E-state index is 0.0355. The van der Waals surface area contributed by atoms with E-state index in [1.807, 2.05) is 41.1 Å². The van der Waals surface area contributed by atoms with E-state index in [4.69, 9.17) is 16.6 Å². The molecule has 7 heteroatoms. The molecule has 178 valence electrons. The minimum Gasteiger partial charge on any atom is -0.389 e. The number of aromatic nitrogens is 3. The van der Waals surface area contributed by atoms with Gasteiger partial charge in [-0.25, -0.2) is 9.97 Å². The number of hydrogen-bond donors (Lipinski definition) is 2. The smallest absolute Gasteiger partial charge is 0.227 e. The predicted octanol–water partition coefficient (Wildman–Crippen LogP) is 6.36. The Morgan fingerprint density at radius 2 is 2.03 bits per heavy atom. The third-order valence-electron chi connectivity index (χ3n) is 6.71. The van der Waals surface area contributed by atoms with Crippen molar-refractivity contribution in [3.8, 4) is 17.3 Å². The highest BCUT2D eigenvalue weighted by Gasteiger charge is 2.32. The van der Waals surface area contributed by atoms with Crippen LogP contribution in [0.2, 0.25) is 5.02 Å². The molecule has 6 nitrogen and oxygen atoms in total. The Labute approximate surface area is 210 Å². The Kier molecular flexibility index (Phi) is 5.58. The molecule has 0 bridgehead atoms. The Balaban J connectivity index is 1.53. The summed E-state index contributed by atoms with van der Waals surface area (Å²) < 4.78 is 1.99. The highest BCUT2D eigenvalue weighted by Crippen LogP contribution is 2.42. The molecule has 1 aliphatic carbocycles. The third-order valence-corrected chi connectivity index (χ3v) is 6.93. The average Bonchev–Trinajstić information content (AvgIpc) is 3.32. The molecule has 0 atom stereocenters. The summed E-state index contributed by atoms with van der Waals surface area (Å²) in [6, 6.07) is 14.1. The predicted molar refractivity (Wildman–Crippen MR) is 140 cm³/mol. The van der Waals surface area contributed by atoms with Gasteiger partial charge in [-0.1, -0.05) is 25.4 Å². The molecule has 0 amide bonds. The highest BCUT2D eigenvalue weighted by molar-refractivity contribution is 6.32. The second kappa shape index (κ2) is 8.37. The van der Waals surface area contributed by atoms with Crippen LogP contribution in [-0.4, -0.2) is 25.2 Å². The van der Waals surface area contributed by atoms with Crippen molar-refractivity contribution in [1.82, 2.24) is 14.5 Å². The van der Waals surface area contributed by atoms with Gasteiger partial charge in [0.2, 0.25) is 5.95 Å². The van der Waals surface area contributed by atoms with Crippen molar-refractivity contribution >= 4 is 34.1 Å². The highest BCUT2D eigenvalue weighted by atomic mass is 35.5. The van der Waals surface area contributed by atoms with Crippen LogP contribution in [0.5, 0.6) is 0 Å². The molecule has 0 spiro atoms. The van der Waals surface area contributed by atoms with Gasteiger partial charge in [0.05, 0.1) is 40.7 Å². The molecule has 0 saturated carbocycles. The number of rotatable bonds is 5. The van der Waals surface area contributed by atoms with Gasteiger partial charge in [-0.05, 0) is 79.6 Å². The average molecular weight is 486 g/mol. The van der Waals surface area contributed by atoms with Crippen molar-refractivity contribution in [2.24, 2.45) is 0 Å². The van der Waals surface area contributed by atoms with Crippen LogP contribution in [0.4, 0.5) is 11.6 Å². The number of hydrogen-bond acceptors (Lipinski definition) is 5. The van der Waals surface area contributed by atoms with E-state index in [0.717, 1.165) is 51.8 Å². The van der Waals surface area contributed by atoms with E-state index in [9.17, 15) is 10.4 Å². The Morgan fingerprint density at radius 3 is 2.77 bits per heavy atom. The summed E-state index contributed by atoms with van der Waals surface area (Å²) in [4.78, 5) is 9.20. The van der Waals surface area contributed by atoms with Crippen LogP contribution in [0.25, 0.3) is 22.2 Å². The molecule has 0 radical (unpaired) electrons. The van der Waals surface area contributed by atoms with E-state index in [0.29, 0.717) is 17.5 Å². The summed E-state index contributed by atoms with van der Waals surface area (Å²) in [5.74, 6) is 0.444. The number of halogens is 1. The third kappa shape index (κ3) is 4.50. The zero-order valence-electron chi connectivity index (χ0n) is 20.4. The van der Waals surface area contributed by atoms with Gasteiger partial charge in [-0.15, -0.1) is 0 Å². The molecule has 2 aromatic heterocycles. The van der Waals surface area contributed by atoms with Crippen LogP contribution in [0.3, 0.4) is 0 Å². The normalized spacial score (nSPS) is 14.7. The fraction of sp³-hybridized carbons (Fsp3) is 0.321. The molecule has 0 unspecified atom stereocenters. The molecule has 5 rings (SSSR count). The molecule has 1 aliphatic rings. The zero-order valence-corrected chi connectivity index (χ0v) is 21.1. The van der Waals surface area contributed by atoms with Crippen LogP contribution in [0.15, 0.2) is 48.8 Å². The number of fused-ring (bicyclic) bond motifs is 2. The first kappa shape index (κ1) is 23.3. The fourth-order valence-electron chi connectivity index (χ4n) is 4.98. The monoisotopic (exact) mass is 485 g/mol. The molecular formula is C28H28ClN5O. The zero-order chi connectivity index (χ0) is 25.0. The molecule has 4 aromatic rings. The quantitative estimate of drug-likeness (QED) is 0.343. The van der Waals surface area contributed by atoms with Crippen LogP contribution >= 0.6 is 11.6 Å². The lowest BCUT2D eigenvalue weighted by Crippen LogP contribution is -2.25. The lowest BCUT2D eigenvalue weighted by molar-refractivity contribution is 0.0628. The Bertz CT molecular complexity index is 1490. The maximum absolute atomic E-state index is 10.3. The van der Waals surface area contributed by atoms with Gasteiger partial charge in [0.1, 0.15) is 0 Å². The first-order chi connectivity index (χ1) is 16.5. The number of nitrogens with one attached hydrogen (secondary N) is 1. The second-order valence-electron chi connectivity index (χ2n) is 10.6. The van der Waals surface area contributed by atoms with Crippen molar-refractivity contribution in [1.29, 1.82) is 5.26 Å². The molecule has 2 heterocycles. The first-order valence-electron chi connectivity index (χ1n) is 11.7. The summed E-state index contributed by atoms with van der Waals surface area (Å²) in [6.45, 7) is 8.45.